The second-order valence-electron chi connectivity index (χ2n) is 6.08. The molecule has 1 aliphatic carbocycles. The highest BCUT2D eigenvalue weighted by Crippen LogP contribution is 2.18. The fraction of sp³-hybridized carbons (Fsp3) is 1.00. The van der Waals surface area contributed by atoms with Gasteiger partial charge in [-0.2, -0.15) is 0 Å². The number of sulfonamides is 1. The van der Waals surface area contributed by atoms with E-state index in [-0.39, 0.29) is 5.75 Å². The fourth-order valence-corrected chi connectivity index (χ4v) is 3.08. The van der Waals surface area contributed by atoms with Crippen molar-refractivity contribution in [3.05, 3.63) is 0 Å². The average Bonchev–Trinajstić information content (AvgIpc) is 3.17. The van der Waals surface area contributed by atoms with Gasteiger partial charge in [-0.3, -0.25) is 0 Å². The summed E-state index contributed by atoms with van der Waals surface area (Å²) in [5.74, 6) is 0.249. The van der Waals surface area contributed by atoms with Crippen LogP contribution in [0.1, 0.15) is 46.0 Å². The van der Waals surface area contributed by atoms with E-state index < -0.39 is 10.0 Å². The number of hydrogen-bond acceptors (Lipinski definition) is 4. The Hall–Kier alpha value is -0.170. The van der Waals surface area contributed by atoms with Gasteiger partial charge in [0.25, 0.3) is 0 Å². The maximum atomic E-state index is 11.8. The molecule has 0 saturated heterocycles. The van der Waals surface area contributed by atoms with E-state index in [1.54, 1.807) is 0 Å². The van der Waals surface area contributed by atoms with Gasteiger partial charge in [0, 0.05) is 18.6 Å². The standard InChI is InChI=1S/C14H31N3O2S/c1-13(2)17(3)11-6-10-16-20(18,19)12-5-4-9-15-14-7-8-14/h13-16H,4-12H2,1-3H3. The summed E-state index contributed by atoms with van der Waals surface area (Å²) in [7, 11) is -1.02. The maximum Gasteiger partial charge on any atom is 0.211 e. The van der Waals surface area contributed by atoms with Crippen LogP contribution in [-0.2, 0) is 10.0 Å². The molecule has 120 valence electrons. The molecule has 0 amide bonds. The number of nitrogens with one attached hydrogen (secondary N) is 2. The van der Waals surface area contributed by atoms with Crippen molar-refractivity contribution in [1.29, 1.82) is 0 Å². The van der Waals surface area contributed by atoms with Crippen LogP contribution in [0.2, 0.25) is 0 Å². The monoisotopic (exact) mass is 305 g/mol. The molecule has 0 spiro atoms. The van der Waals surface area contributed by atoms with E-state index in [1.165, 1.54) is 12.8 Å². The zero-order valence-corrected chi connectivity index (χ0v) is 14.0. The summed E-state index contributed by atoms with van der Waals surface area (Å²) >= 11 is 0. The molecular formula is C14H31N3O2S. The lowest BCUT2D eigenvalue weighted by molar-refractivity contribution is 0.271. The Labute approximate surface area is 124 Å². The largest absolute Gasteiger partial charge is 0.314 e. The lowest BCUT2D eigenvalue weighted by Crippen LogP contribution is -2.32. The Morgan fingerprint density at radius 3 is 2.45 bits per heavy atom. The van der Waals surface area contributed by atoms with Gasteiger partial charge in [-0.25, -0.2) is 13.1 Å². The van der Waals surface area contributed by atoms with E-state index >= 15 is 0 Å². The first-order valence-electron chi connectivity index (χ1n) is 7.81. The third-order valence-corrected chi connectivity index (χ3v) is 5.21. The van der Waals surface area contributed by atoms with Crippen LogP contribution in [0.3, 0.4) is 0 Å². The minimum absolute atomic E-state index is 0.249. The normalized spacial score (nSPS) is 16.2. The molecule has 0 heterocycles. The molecule has 1 saturated carbocycles. The summed E-state index contributed by atoms with van der Waals surface area (Å²) in [5.41, 5.74) is 0. The van der Waals surface area contributed by atoms with Gasteiger partial charge in [0.2, 0.25) is 10.0 Å². The van der Waals surface area contributed by atoms with Crippen molar-refractivity contribution in [2.24, 2.45) is 0 Å². The first-order chi connectivity index (χ1) is 9.41. The van der Waals surface area contributed by atoms with Crippen LogP contribution in [0.4, 0.5) is 0 Å². The van der Waals surface area contributed by atoms with Crippen LogP contribution < -0.4 is 10.0 Å². The van der Waals surface area contributed by atoms with E-state index in [4.69, 9.17) is 0 Å². The van der Waals surface area contributed by atoms with Gasteiger partial charge >= 0.3 is 0 Å². The highest BCUT2D eigenvalue weighted by molar-refractivity contribution is 7.89. The van der Waals surface area contributed by atoms with Gasteiger partial charge in [-0.1, -0.05) is 0 Å². The number of rotatable bonds is 12. The number of hydrogen-bond donors (Lipinski definition) is 2. The topological polar surface area (TPSA) is 61.4 Å². The molecule has 1 aliphatic rings. The first kappa shape index (κ1) is 17.9. The summed E-state index contributed by atoms with van der Waals surface area (Å²) in [5, 5.41) is 3.40. The van der Waals surface area contributed by atoms with E-state index in [9.17, 15) is 8.42 Å². The summed E-state index contributed by atoms with van der Waals surface area (Å²) < 4.78 is 26.2. The quantitative estimate of drug-likeness (QED) is 0.531. The third kappa shape index (κ3) is 8.89. The summed E-state index contributed by atoms with van der Waals surface area (Å²) in [6, 6.07) is 1.22. The summed E-state index contributed by atoms with van der Waals surface area (Å²) in [6.07, 6.45) is 5.10. The predicted octanol–water partition coefficient (Wildman–Crippen LogP) is 1.17. The van der Waals surface area contributed by atoms with Gasteiger partial charge in [-0.15, -0.1) is 0 Å². The van der Waals surface area contributed by atoms with Crippen LogP contribution >= 0.6 is 0 Å². The van der Waals surface area contributed by atoms with E-state index in [0.717, 1.165) is 32.4 Å². The van der Waals surface area contributed by atoms with Crippen LogP contribution in [0.15, 0.2) is 0 Å². The van der Waals surface area contributed by atoms with Gasteiger partial charge in [0.05, 0.1) is 5.75 Å². The fourth-order valence-electron chi connectivity index (χ4n) is 1.90. The zero-order chi connectivity index (χ0) is 15.0. The number of unbranched alkanes of at least 4 members (excludes halogenated alkanes) is 1. The Morgan fingerprint density at radius 1 is 1.15 bits per heavy atom. The highest BCUT2D eigenvalue weighted by atomic mass is 32.2. The van der Waals surface area contributed by atoms with Crippen molar-refractivity contribution in [2.45, 2.75) is 58.0 Å². The molecule has 20 heavy (non-hydrogen) atoms. The third-order valence-electron chi connectivity index (χ3n) is 3.74. The van der Waals surface area contributed by atoms with E-state index in [2.05, 4.69) is 35.8 Å². The van der Waals surface area contributed by atoms with Gasteiger partial charge in [-0.05, 0) is 66.1 Å². The molecule has 0 aromatic rings. The van der Waals surface area contributed by atoms with Crippen LogP contribution in [0.5, 0.6) is 0 Å². The SMILES string of the molecule is CC(C)N(C)CCCNS(=O)(=O)CCCCNC1CC1. The molecule has 0 aromatic heterocycles. The lowest BCUT2D eigenvalue weighted by Gasteiger charge is -2.20. The molecule has 1 fully saturated rings. The summed E-state index contributed by atoms with van der Waals surface area (Å²) in [4.78, 5) is 2.22. The summed E-state index contributed by atoms with van der Waals surface area (Å²) in [6.45, 7) is 6.68. The molecule has 5 nitrogen and oxygen atoms in total. The second kappa shape index (κ2) is 8.97. The van der Waals surface area contributed by atoms with Crippen molar-refractivity contribution < 1.29 is 8.42 Å². The van der Waals surface area contributed by atoms with Gasteiger partial charge < -0.3 is 10.2 Å². The van der Waals surface area contributed by atoms with Crippen molar-refractivity contribution in [1.82, 2.24) is 14.9 Å². The van der Waals surface area contributed by atoms with Gasteiger partial charge in [0.15, 0.2) is 0 Å². The van der Waals surface area contributed by atoms with Crippen LogP contribution in [0.25, 0.3) is 0 Å². The molecule has 0 bridgehead atoms. The smallest absolute Gasteiger partial charge is 0.211 e. The van der Waals surface area contributed by atoms with Crippen molar-refractivity contribution in [2.75, 3.05) is 32.4 Å². The first-order valence-corrected chi connectivity index (χ1v) is 9.47. The molecule has 0 radical (unpaired) electrons. The Kier molecular flexibility index (Phi) is 8.02. The van der Waals surface area contributed by atoms with Crippen LogP contribution in [-0.4, -0.2) is 57.8 Å². The lowest BCUT2D eigenvalue weighted by atomic mass is 10.3. The van der Waals surface area contributed by atoms with Gasteiger partial charge in [0.1, 0.15) is 0 Å². The Bertz CT molecular complexity index is 353. The minimum Gasteiger partial charge on any atom is -0.314 e. The maximum absolute atomic E-state index is 11.8. The van der Waals surface area contributed by atoms with Crippen molar-refractivity contribution >= 4 is 10.0 Å². The molecule has 0 atom stereocenters. The number of nitrogens with zero attached hydrogens (tertiary/aromatic N) is 1. The Balaban J connectivity index is 1.99. The molecule has 0 aliphatic heterocycles. The molecule has 2 N–H and O–H groups in total. The molecule has 1 rings (SSSR count). The van der Waals surface area contributed by atoms with Crippen LogP contribution in [0, 0.1) is 0 Å². The molecule has 6 heteroatoms. The average molecular weight is 305 g/mol. The zero-order valence-electron chi connectivity index (χ0n) is 13.2. The molecule has 0 aromatic carbocycles. The Morgan fingerprint density at radius 2 is 1.85 bits per heavy atom. The second-order valence-corrected chi connectivity index (χ2v) is 8.00. The predicted molar refractivity (Wildman–Crippen MR) is 84.4 cm³/mol. The van der Waals surface area contributed by atoms with E-state index in [0.29, 0.717) is 18.6 Å². The van der Waals surface area contributed by atoms with Crippen molar-refractivity contribution in [3.63, 3.8) is 0 Å². The van der Waals surface area contributed by atoms with Crippen molar-refractivity contribution in [3.8, 4) is 0 Å². The molecule has 0 unspecified atom stereocenters. The molecular weight excluding hydrogens is 274 g/mol. The van der Waals surface area contributed by atoms with E-state index in [1.807, 2.05) is 0 Å². The minimum atomic E-state index is -3.08. The highest BCUT2D eigenvalue weighted by Gasteiger charge is 2.19.